The Balaban J connectivity index is 1.42. The van der Waals surface area contributed by atoms with E-state index in [1.165, 1.54) is 37.9 Å². The number of nitrogens with zero attached hydrogens (tertiary/aromatic N) is 2. The first kappa shape index (κ1) is 25.0. The third-order valence-corrected chi connectivity index (χ3v) is 9.76. The molecule has 2 fully saturated rings. The Hall–Kier alpha value is -2.68. The maximum absolute atomic E-state index is 12.4. The summed E-state index contributed by atoms with van der Waals surface area (Å²) in [7, 11) is -3.17. The smallest absolute Gasteiger partial charge is 0.250 e. The van der Waals surface area contributed by atoms with Gasteiger partial charge >= 0.3 is 0 Å². The van der Waals surface area contributed by atoms with Crippen LogP contribution in [0, 0.1) is 0 Å². The second kappa shape index (κ2) is 10.4. The summed E-state index contributed by atoms with van der Waals surface area (Å²) in [5, 5.41) is 0.996. The second-order valence-electron chi connectivity index (χ2n) is 10.2. The number of nitrogens with one attached hydrogen (secondary N) is 1. The van der Waals surface area contributed by atoms with Gasteiger partial charge in [0.2, 0.25) is 10.0 Å². The summed E-state index contributed by atoms with van der Waals surface area (Å²) >= 11 is 0. The van der Waals surface area contributed by atoms with E-state index in [-0.39, 0.29) is 11.7 Å². The Morgan fingerprint density at radius 3 is 2.33 bits per heavy atom. The van der Waals surface area contributed by atoms with Crippen LogP contribution in [0.25, 0.3) is 22.0 Å². The van der Waals surface area contributed by atoms with Crippen LogP contribution in [0.15, 0.2) is 42.6 Å². The first-order valence-corrected chi connectivity index (χ1v) is 14.7. The minimum absolute atomic E-state index is 0.132. The van der Waals surface area contributed by atoms with Crippen molar-refractivity contribution in [2.75, 3.05) is 31.9 Å². The molecule has 1 aromatic heterocycles. The van der Waals surface area contributed by atoms with Gasteiger partial charge in [-0.15, -0.1) is 0 Å². The molecule has 5 rings (SSSR count). The van der Waals surface area contributed by atoms with Gasteiger partial charge in [0.05, 0.1) is 16.8 Å². The fourth-order valence-electron chi connectivity index (χ4n) is 5.76. The van der Waals surface area contributed by atoms with E-state index in [9.17, 15) is 13.2 Å². The second-order valence-corrected chi connectivity index (χ2v) is 12.4. The number of aromatic amines is 1. The number of benzene rings is 2. The summed E-state index contributed by atoms with van der Waals surface area (Å²) in [4.78, 5) is 18.2. The van der Waals surface area contributed by atoms with Crippen LogP contribution in [0.2, 0.25) is 0 Å². The van der Waals surface area contributed by atoms with E-state index in [0.717, 1.165) is 47.0 Å². The summed E-state index contributed by atoms with van der Waals surface area (Å²) in [6, 6.07) is 12.6. The monoisotopic (exact) mass is 508 g/mol. The maximum atomic E-state index is 12.4. The Kier molecular flexibility index (Phi) is 7.19. The predicted molar refractivity (Wildman–Crippen MR) is 144 cm³/mol. The highest BCUT2D eigenvalue weighted by Crippen LogP contribution is 2.37. The highest BCUT2D eigenvalue weighted by atomic mass is 32.2. The van der Waals surface area contributed by atoms with Crippen molar-refractivity contribution in [2.24, 2.45) is 5.73 Å². The number of primary amides is 1. The maximum Gasteiger partial charge on any atom is 0.250 e. The van der Waals surface area contributed by atoms with Crippen molar-refractivity contribution in [2.45, 2.75) is 51.5 Å². The molecule has 3 aromatic rings. The van der Waals surface area contributed by atoms with Gasteiger partial charge in [-0.05, 0) is 86.0 Å². The largest absolute Gasteiger partial charge is 0.366 e. The summed E-state index contributed by atoms with van der Waals surface area (Å²) in [5.74, 6) is -0.0989. The lowest BCUT2D eigenvalue weighted by Gasteiger charge is -2.31. The highest BCUT2D eigenvalue weighted by Gasteiger charge is 2.29. The molecule has 2 saturated heterocycles. The molecule has 0 aliphatic carbocycles. The third-order valence-electron chi connectivity index (χ3n) is 7.88. The van der Waals surface area contributed by atoms with E-state index in [1.54, 1.807) is 11.2 Å². The van der Waals surface area contributed by atoms with Crippen molar-refractivity contribution < 1.29 is 13.2 Å². The molecular formula is C28H36N4O3S. The molecule has 0 saturated carbocycles. The zero-order chi connectivity index (χ0) is 25.3. The van der Waals surface area contributed by atoms with E-state index in [4.69, 9.17) is 5.73 Å². The van der Waals surface area contributed by atoms with Crippen molar-refractivity contribution in [1.29, 1.82) is 0 Å². The average Bonchev–Trinajstić information content (AvgIpc) is 3.33. The average molecular weight is 509 g/mol. The Morgan fingerprint density at radius 1 is 1.00 bits per heavy atom. The minimum Gasteiger partial charge on any atom is -0.366 e. The summed E-state index contributed by atoms with van der Waals surface area (Å²) in [6.07, 6.45) is 7.37. The molecule has 8 heteroatoms. The van der Waals surface area contributed by atoms with Crippen LogP contribution in [0.1, 0.15) is 66.4 Å². The van der Waals surface area contributed by atoms with Crippen LogP contribution < -0.4 is 5.73 Å². The number of hydrogen-bond acceptors (Lipinski definition) is 4. The SMILES string of the molecule is CCS(=O)(=O)N1CCC(c2c[nH]c3c(C(N)=O)cc(-c4ccc(CN5CCCCC5)cc4)cc23)CC1. The van der Waals surface area contributed by atoms with E-state index in [1.807, 2.05) is 12.3 Å². The van der Waals surface area contributed by atoms with Gasteiger partial charge in [-0.1, -0.05) is 30.7 Å². The molecule has 0 spiro atoms. The standard InChI is InChI=1S/C28H36N4O3S/c1-2-36(34,35)32-14-10-22(11-15-32)26-18-30-27-24(26)16-23(17-25(27)28(29)33)21-8-6-20(7-9-21)19-31-12-4-3-5-13-31/h6-9,16-18,22,30H,2-5,10-15,19H2,1H3,(H2,29,33). The molecular weight excluding hydrogens is 472 g/mol. The van der Waals surface area contributed by atoms with Crippen LogP contribution in [0.3, 0.4) is 0 Å². The lowest BCUT2D eigenvalue weighted by Crippen LogP contribution is -2.38. The van der Waals surface area contributed by atoms with E-state index in [2.05, 4.69) is 40.2 Å². The van der Waals surface area contributed by atoms with Crippen LogP contribution in [0.5, 0.6) is 0 Å². The number of amides is 1. The molecule has 0 unspecified atom stereocenters. The van der Waals surface area contributed by atoms with E-state index in [0.29, 0.717) is 18.7 Å². The van der Waals surface area contributed by atoms with Gasteiger partial charge in [-0.3, -0.25) is 9.69 Å². The van der Waals surface area contributed by atoms with E-state index < -0.39 is 15.9 Å². The Labute approximate surface area is 213 Å². The molecule has 2 aliphatic heterocycles. The lowest BCUT2D eigenvalue weighted by molar-refractivity contribution is 0.100. The Bertz CT molecular complexity index is 1330. The van der Waals surface area contributed by atoms with Gasteiger partial charge in [0.15, 0.2) is 0 Å². The summed E-state index contributed by atoms with van der Waals surface area (Å²) in [6.45, 7) is 6.04. The van der Waals surface area contributed by atoms with E-state index >= 15 is 0 Å². The molecule has 0 bridgehead atoms. The molecule has 192 valence electrons. The van der Waals surface area contributed by atoms with Crippen LogP contribution in [-0.4, -0.2) is 60.4 Å². The van der Waals surface area contributed by atoms with Crippen LogP contribution in [0.4, 0.5) is 0 Å². The van der Waals surface area contributed by atoms with Gasteiger partial charge < -0.3 is 10.7 Å². The third kappa shape index (κ3) is 5.08. The summed E-state index contributed by atoms with van der Waals surface area (Å²) in [5.41, 5.74) is 11.5. The quantitative estimate of drug-likeness (QED) is 0.493. The first-order chi connectivity index (χ1) is 17.4. The van der Waals surface area contributed by atoms with Gasteiger partial charge in [-0.2, -0.15) is 0 Å². The van der Waals surface area contributed by atoms with Gasteiger partial charge in [0.1, 0.15) is 0 Å². The molecule has 3 N–H and O–H groups in total. The molecule has 36 heavy (non-hydrogen) atoms. The number of piperidine rings is 2. The van der Waals surface area contributed by atoms with Gasteiger partial charge in [-0.25, -0.2) is 12.7 Å². The lowest BCUT2D eigenvalue weighted by atomic mass is 9.88. The van der Waals surface area contributed by atoms with Crippen LogP contribution >= 0.6 is 0 Å². The van der Waals surface area contributed by atoms with Gasteiger partial charge in [0, 0.05) is 31.2 Å². The fourth-order valence-corrected chi connectivity index (χ4v) is 6.89. The van der Waals surface area contributed by atoms with Crippen LogP contribution in [-0.2, 0) is 16.6 Å². The topological polar surface area (TPSA) is 99.5 Å². The van der Waals surface area contributed by atoms with Gasteiger partial charge in [0.25, 0.3) is 5.91 Å². The van der Waals surface area contributed by atoms with Crippen molar-refractivity contribution in [3.63, 3.8) is 0 Å². The number of sulfonamides is 1. The number of rotatable bonds is 7. The van der Waals surface area contributed by atoms with Crippen molar-refractivity contribution in [1.82, 2.24) is 14.2 Å². The molecule has 7 nitrogen and oxygen atoms in total. The molecule has 1 amide bonds. The first-order valence-electron chi connectivity index (χ1n) is 13.1. The Morgan fingerprint density at radius 2 is 1.69 bits per heavy atom. The number of fused-ring (bicyclic) bond motifs is 1. The normalized spacial score (nSPS) is 18.6. The molecule has 3 heterocycles. The molecule has 2 aromatic carbocycles. The van der Waals surface area contributed by atoms with Crippen molar-refractivity contribution in [3.05, 3.63) is 59.3 Å². The minimum atomic E-state index is -3.17. The number of hydrogen-bond donors (Lipinski definition) is 2. The summed E-state index contributed by atoms with van der Waals surface area (Å²) < 4.78 is 26.2. The van der Waals surface area contributed by atoms with Crippen molar-refractivity contribution in [3.8, 4) is 11.1 Å². The fraction of sp³-hybridized carbons (Fsp3) is 0.464. The number of carbonyl (C=O) groups is 1. The molecule has 0 radical (unpaired) electrons. The number of H-pyrrole nitrogens is 1. The number of likely N-dealkylation sites (tertiary alicyclic amines) is 1. The zero-order valence-corrected chi connectivity index (χ0v) is 21.8. The molecule has 0 atom stereocenters. The zero-order valence-electron chi connectivity index (χ0n) is 21.0. The number of nitrogens with two attached hydrogens (primary N) is 1. The predicted octanol–water partition coefficient (Wildman–Crippen LogP) is 4.45. The number of carbonyl (C=O) groups excluding carboxylic acids is 1. The van der Waals surface area contributed by atoms with Crippen molar-refractivity contribution >= 4 is 26.8 Å². The number of aromatic nitrogens is 1. The molecule has 2 aliphatic rings. The highest BCUT2D eigenvalue weighted by molar-refractivity contribution is 7.89.